The summed E-state index contributed by atoms with van der Waals surface area (Å²) in [5, 5.41) is 0. The van der Waals surface area contributed by atoms with E-state index in [1.54, 1.807) is 0 Å². The molecule has 50 heavy (non-hydrogen) atoms. The van der Waals surface area contributed by atoms with Crippen molar-refractivity contribution in [1.29, 1.82) is 0 Å². The minimum Gasteiger partial charge on any atom is -0.462 e. The van der Waals surface area contributed by atoms with Crippen LogP contribution in [-0.4, -0.2) is 49.3 Å². The van der Waals surface area contributed by atoms with Crippen molar-refractivity contribution in [1.82, 2.24) is 0 Å². The first kappa shape index (κ1) is 48.2. The number of phosphoric ester groups is 1. The number of unbranched alkanes of at least 4 members (excludes halogenated alkanes) is 18. The van der Waals surface area contributed by atoms with E-state index in [0.29, 0.717) is 6.42 Å². The summed E-state index contributed by atoms with van der Waals surface area (Å²) < 4.78 is 32.7. The Morgan fingerprint density at radius 1 is 0.620 bits per heavy atom. The molecule has 0 saturated heterocycles. The van der Waals surface area contributed by atoms with Gasteiger partial charge >= 0.3 is 19.8 Å². The molecule has 0 saturated carbocycles. The van der Waals surface area contributed by atoms with Crippen LogP contribution in [0.2, 0.25) is 0 Å². The van der Waals surface area contributed by atoms with Gasteiger partial charge in [0.15, 0.2) is 6.10 Å². The lowest BCUT2D eigenvalue weighted by atomic mass is 10.0. The lowest BCUT2D eigenvalue weighted by Crippen LogP contribution is -2.29. The predicted molar refractivity (Wildman–Crippen MR) is 206 cm³/mol. The molecule has 0 aliphatic heterocycles. The largest absolute Gasteiger partial charge is 0.472 e. The molecule has 0 amide bonds. The fourth-order valence-corrected chi connectivity index (χ4v) is 6.12. The second-order valence-corrected chi connectivity index (χ2v) is 14.6. The standard InChI is InChI=1S/C40H74NO8P/c1-3-5-7-9-11-13-15-17-18-19-20-21-23-25-27-29-31-33-40(43)49-38(37-48-50(44,45)47-35-34-41)36-46-39(42)32-30-28-26-24-22-16-14-12-10-8-6-4-2/h5,7,11,13,17-18,38H,3-4,6,8-10,12,14-16,19-37,41H2,1-2H3,(H,44,45)/b7-5-,13-11-,18-17-. The van der Waals surface area contributed by atoms with Crippen molar-refractivity contribution >= 4 is 19.8 Å². The number of carbonyl (C=O) groups excluding carboxylic acids is 2. The second-order valence-electron chi connectivity index (χ2n) is 13.1. The smallest absolute Gasteiger partial charge is 0.462 e. The van der Waals surface area contributed by atoms with E-state index in [-0.39, 0.29) is 38.6 Å². The molecular weight excluding hydrogens is 653 g/mol. The van der Waals surface area contributed by atoms with Gasteiger partial charge in [-0.15, -0.1) is 0 Å². The van der Waals surface area contributed by atoms with Crippen molar-refractivity contribution < 1.29 is 37.6 Å². The van der Waals surface area contributed by atoms with Gasteiger partial charge in [-0.1, -0.05) is 153 Å². The van der Waals surface area contributed by atoms with E-state index >= 15 is 0 Å². The van der Waals surface area contributed by atoms with Gasteiger partial charge in [0, 0.05) is 19.4 Å². The Balaban J connectivity index is 4.20. The van der Waals surface area contributed by atoms with Crippen LogP contribution in [0.5, 0.6) is 0 Å². The van der Waals surface area contributed by atoms with Gasteiger partial charge in [0.1, 0.15) is 6.61 Å². The highest BCUT2D eigenvalue weighted by molar-refractivity contribution is 7.47. The Labute approximate surface area is 305 Å². The number of hydrogen-bond donors (Lipinski definition) is 2. The van der Waals surface area contributed by atoms with Crippen LogP contribution in [0.15, 0.2) is 36.5 Å². The first-order valence-electron chi connectivity index (χ1n) is 20.0. The first-order valence-corrected chi connectivity index (χ1v) is 21.5. The van der Waals surface area contributed by atoms with Crippen molar-refractivity contribution in [2.24, 2.45) is 5.73 Å². The number of rotatable bonds is 37. The fourth-order valence-electron chi connectivity index (χ4n) is 5.35. The minimum atomic E-state index is -4.37. The maximum absolute atomic E-state index is 12.5. The number of allylic oxidation sites excluding steroid dienone is 6. The number of hydrogen-bond acceptors (Lipinski definition) is 8. The van der Waals surface area contributed by atoms with E-state index in [2.05, 4.69) is 50.3 Å². The molecule has 0 heterocycles. The van der Waals surface area contributed by atoms with Gasteiger partial charge in [0.2, 0.25) is 0 Å². The van der Waals surface area contributed by atoms with Gasteiger partial charge in [0.05, 0.1) is 13.2 Å². The van der Waals surface area contributed by atoms with Crippen molar-refractivity contribution in [3.05, 3.63) is 36.5 Å². The Morgan fingerprint density at radius 2 is 1.10 bits per heavy atom. The number of nitrogens with two attached hydrogens (primary N) is 1. The highest BCUT2D eigenvalue weighted by atomic mass is 31.2. The van der Waals surface area contributed by atoms with Gasteiger partial charge in [0.25, 0.3) is 0 Å². The van der Waals surface area contributed by atoms with Gasteiger partial charge in [-0.05, 0) is 44.9 Å². The average Bonchev–Trinajstić information content (AvgIpc) is 3.10. The predicted octanol–water partition coefficient (Wildman–Crippen LogP) is 11.0. The topological polar surface area (TPSA) is 134 Å². The lowest BCUT2D eigenvalue weighted by molar-refractivity contribution is -0.161. The van der Waals surface area contributed by atoms with E-state index in [1.165, 1.54) is 77.0 Å². The molecule has 0 bridgehead atoms. The number of ether oxygens (including phenoxy) is 2. The molecule has 0 aliphatic rings. The summed E-state index contributed by atoms with van der Waals surface area (Å²) in [4.78, 5) is 34.7. The number of carbonyl (C=O) groups is 2. The van der Waals surface area contributed by atoms with Crippen LogP contribution >= 0.6 is 7.82 Å². The summed E-state index contributed by atoms with van der Waals surface area (Å²) in [6, 6.07) is 0. The van der Waals surface area contributed by atoms with Crippen LogP contribution in [0.1, 0.15) is 174 Å². The quantitative estimate of drug-likeness (QED) is 0.0277. The van der Waals surface area contributed by atoms with Crippen molar-refractivity contribution in [2.45, 2.75) is 180 Å². The van der Waals surface area contributed by atoms with Gasteiger partial charge in [-0.25, -0.2) is 4.57 Å². The number of phosphoric acid groups is 1. The van der Waals surface area contributed by atoms with E-state index in [9.17, 15) is 19.0 Å². The molecule has 292 valence electrons. The molecule has 0 aromatic carbocycles. The monoisotopic (exact) mass is 728 g/mol. The molecule has 3 N–H and O–H groups in total. The third-order valence-corrected chi connectivity index (χ3v) is 9.27. The zero-order chi connectivity index (χ0) is 36.8. The maximum atomic E-state index is 12.5. The normalized spacial score (nSPS) is 13.8. The zero-order valence-corrected chi connectivity index (χ0v) is 32.8. The SMILES string of the molecule is CC/C=C\C/C=C\C/C=C\CCCCCCCCCC(=O)OC(COC(=O)CCCCCCCCCCCCCC)COP(=O)(O)OCCN. The lowest BCUT2D eigenvalue weighted by Gasteiger charge is -2.19. The molecule has 9 nitrogen and oxygen atoms in total. The summed E-state index contributed by atoms with van der Waals surface area (Å²) in [5.41, 5.74) is 5.33. The molecule has 0 aromatic rings. The van der Waals surface area contributed by atoms with Crippen LogP contribution in [-0.2, 0) is 32.7 Å². The van der Waals surface area contributed by atoms with E-state index in [4.69, 9.17) is 24.3 Å². The molecule has 0 fully saturated rings. The first-order chi connectivity index (χ1) is 24.3. The van der Waals surface area contributed by atoms with Gasteiger partial charge < -0.3 is 20.1 Å². The Kier molecular flexibility index (Phi) is 35.7. The fraction of sp³-hybridized carbons (Fsp3) is 0.800. The Hall–Kier alpha value is -1.77. The summed E-state index contributed by atoms with van der Waals surface area (Å²) in [6.45, 7) is 3.60. The minimum absolute atomic E-state index is 0.0518. The summed E-state index contributed by atoms with van der Waals surface area (Å²) in [6.07, 6.45) is 38.8. The van der Waals surface area contributed by atoms with Crippen molar-refractivity contribution in [3.63, 3.8) is 0 Å². The molecule has 2 unspecified atom stereocenters. The Bertz CT molecular complexity index is 923. The summed E-state index contributed by atoms with van der Waals surface area (Å²) >= 11 is 0. The van der Waals surface area contributed by atoms with E-state index < -0.39 is 26.5 Å². The third kappa shape index (κ3) is 36.0. The van der Waals surface area contributed by atoms with Gasteiger partial charge in [-0.2, -0.15) is 0 Å². The Morgan fingerprint density at radius 3 is 1.64 bits per heavy atom. The molecule has 0 aromatic heterocycles. The molecule has 0 aliphatic carbocycles. The highest BCUT2D eigenvalue weighted by Crippen LogP contribution is 2.43. The van der Waals surface area contributed by atoms with Crippen LogP contribution in [0.4, 0.5) is 0 Å². The van der Waals surface area contributed by atoms with Crippen molar-refractivity contribution in [2.75, 3.05) is 26.4 Å². The zero-order valence-electron chi connectivity index (χ0n) is 31.9. The molecular formula is C40H74NO8P. The molecule has 2 atom stereocenters. The third-order valence-electron chi connectivity index (χ3n) is 8.29. The van der Waals surface area contributed by atoms with Crippen molar-refractivity contribution in [3.8, 4) is 0 Å². The van der Waals surface area contributed by atoms with E-state index in [1.807, 2.05) is 0 Å². The maximum Gasteiger partial charge on any atom is 0.472 e. The second kappa shape index (κ2) is 37.0. The summed E-state index contributed by atoms with van der Waals surface area (Å²) in [7, 11) is -4.37. The molecule has 10 heteroatoms. The number of esters is 2. The van der Waals surface area contributed by atoms with Crippen LogP contribution in [0.3, 0.4) is 0 Å². The van der Waals surface area contributed by atoms with Crippen LogP contribution < -0.4 is 5.73 Å². The average molecular weight is 728 g/mol. The molecule has 0 spiro atoms. The molecule has 0 rings (SSSR count). The van der Waals surface area contributed by atoms with Crippen LogP contribution in [0.25, 0.3) is 0 Å². The van der Waals surface area contributed by atoms with Gasteiger partial charge in [-0.3, -0.25) is 18.6 Å². The van der Waals surface area contributed by atoms with E-state index in [0.717, 1.165) is 64.2 Å². The summed E-state index contributed by atoms with van der Waals surface area (Å²) in [5.74, 6) is -0.839. The highest BCUT2D eigenvalue weighted by Gasteiger charge is 2.25. The van der Waals surface area contributed by atoms with Crippen LogP contribution in [0, 0.1) is 0 Å². The molecule has 0 radical (unpaired) electrons.